The predicted molar refractivity (Wildman–Crippen MR) is 70.1 cm³/mol. The highest BCUT2D eigenvalue weighted by Crippen LogP contribution is 2.27. The molecule has 0 aliphatic carbocycles. The molecule has 1 aliphatic rings. The Hall–Kier alpha value is -1.09. The Morgan fingerprint density at radius 1 is 1.41 bits per heavy atom. The first-order valence-corrected chi connectivity index (χ1v) is 6.50. The topological polar surface area (TPSA) is 36.4 Å². The van der Waals surface area contributed by atoms with Gasteiger partial charge >= 0.3 is 0 Å². The van der Waals surface area contributed by atoms with Crippen LogP contribution >= 0.6 is 0 Å². The Labute approximate surface area is 103 Å². The molecule has 0 spiro atoms. The van der Waals surface area contributed by atoms with E-state index in [2.05, 4.69) is 23.7 Å². The van der Waals surface area contributed by atoms with Crippen molar-refractivity contribution >= 4 is 5.82 Å². The SMILES string of the molecule is CC1CCCN(c2ccc([C@H](C)O)cn2)C1C. The zero-order valence-electron chi connectivity index (χ0n) is 10.9. The molecule has 3 nitrogen and oxygen atoms in total. The lowest BCUT2D eigenvalue weighted by Gasteiger charge is -2.38. The smallest absolute Gasteiger partial charge is 0.128 e. The van der Waals surface area contributed by atoms with Gasteiger partial charge in [0.1, 0.15) is 5.82 Å². The summed E-state index contributed by atoms with van der Waals surface area (Å²) in [4.78, 5) is 6.85. The van der Waals surface area contributed by atoms with Crippen LogP contribution in [0.25, 0.3) is 0 Å². The molecular formula is C14H22N2O. The van der Waals surface area contributed by atoms with Gasteiger partial charge in [-0.2, -0.15) is 0 Å². The van der Waals surface area contributed by atoms with Gasteiger partial charge < -0.3 is 10.0 Å². The molecule has 2 rings (SSSR count). The van der Waals surface area contributed by atoms with E-state index in [-0.39, 0.29) is 0 Å². The van der Waals surface area contributed by atoms with Gasteiger partial charge in [0.15, 0.2) is 0 Å². The van der Waals surface area contributed by atoms with Crippen molar-refractivity contribution in [2.75, 3.05) is 11.4 Å². The van der Waals surface area contributed by atoms with E-state index in [1.54, 1.807) is 13.1 Å². The number of anilines is 1. The average Bonchev–Trinajstić information content (AvgIpc) is 2.33. The van der Waals surface area contributed by atoms with Crippen LogP contribution < -0.4 is 4.90 Å². The molecule has 0 bridgehead atoms. The maximum absolute atomic E-state index is 9.47. The van der Waals surface area contributed by atoms with Crippen LogP contribution in [-0.4, -0.2) is 22.7 Å². The van der Waals surface area contributed by atoms with Gasteiger partial charge in [-0.05, 0) is 44.2 Å². The number of aromatic nitrogens is 1. The second-order valence-electron chi connectivity index (χ2n) is 5.18. The van der Waals surface area contributed by atoms with E-state index < -0.39 is 6.10 Å². The Balaban J connectivity index is 2.16. The van der Waals surface area contributed by atoms with E-state index in [4.69, 9.17) is 0 Å². The zero-order valence-corrected chi connectivity index (χ0v) is 10.9. The van der Waals surface area contributed by atoms with E-state index in [9.17, 15) is 5.11 Å². The van der Waals surface area contributed by atoms with Crippen molar-refractivity contribution in [3.05, 3.63) is 23.9 Å². The van der Waals surface area contributed by atoms with E-state index in [1.807, 2.05) is 12.1 Å². The Morgan fingerprint density at radius 2 is 2.18 bits per heavy atom. The molecule has 2 heterocycles. The molecule has 0 radical (unpaired) electrons. The minimum atomic E-state index is -0.436. The van der Waals surface area contributed by atoms with Crippen molar-refractivity contribution in [3.63, 3.8) is 0 Å². The molecule has 1 aliphatic heterocycles. The van der Waals surface area contributed by atoms with Crippen molar-refractivity contribution in [1.82, 2.24) is 4.98 Å². The number of rotatable bonds is 2. The van der Waals surface area contributed by atoms with Gasteiger partial charge in [-0.1, -0.05) is 13.0 Å². The molecule has 0 aromatic carbocycles. The molecule has 1 fully saturated rings. The van der Waals surface area contributed by atoms with Crippen LogP contribution in [0.3, 0.4) is 0 Å². The fourth-order valence-electron chi connectivity index (χ4n) is 2.47. The first-order chi connectivity index (χ1) is 8.09. The lowest BCUT2D eigenvalue weighted by molar-refractivity contribution is 0.199. The first kappa shape index (κ1) is 12.4. The largest absolute Gasteiger partial charge is 0.389 e. The van der Waals surface area contributed by atoms with Crippen molar-refractivity contribution in [3.8, 4) is 0 Å². The molecule has 3 atom stereocenters. The van der Waals surface area contributed by atoms with Crippen LogP contribution in [0.5, 0.6) is 0 Å². The number of pyridine rings is 1. The van der Waals surface area contributed by atoms with Crippen molar-refractivity contribution in [2.24, 2.45) is 5.92 Å². The lowest BCUT2D eigenvalue weighted by atomic mass is 9.92. The Kier molecular flexibility index (Phi) is 3.67. The summed E-state index contributed by atoms with van der Waals surface area (Å²) in [6, 6.07) is 4.55. The zero-order chi connectivity index (χ0) is 12.4. The number of hydrogen-bond donors (Lipinski definition) is 1. The normalized spacial score (nSPS) is 26.9. The number of nitrogens with zero attached hydrogens (tertiary/aromatic N) is 2. The molecule has 0 amide bonds. The second-order valence-corrected chi connectivity index (χ2v) is 5.18. The standard InChI is InChI=1S/C14H22N2O/c1-10-5-4-8-16(11(10)2)14-7-6-13(9-15-14)12(3)17/h6-7,9-12,17H,4-5,8H2,1-3H3/t10?,11?,12-/m0/s1. The summed E-state index contributed by atoms with van der Waals surface area (Å²) < 4.78 is 0. The van der Waals surface area contributed by atoms with Gasteiger partial charge in [0.25, 0.3) is 0 Å². The van der Waals surface area contributed by atoms with Gasteiger partial charge in [0, 0.05) is 18.8 Å². The molecular weight excluding hydrogens is 212 g/mol. The Morgan fingerprint density at radius 3 is 2.76 bits per heavy atom. The third kappa shape index (κ3) is 2.60. The molecule has 94 valence electrons. The van der Waals surface area contributed by atoms with Crippen LogP contribution in [-0.2, 0) is 0 Å². The van der Waals surface area contributed by atoms with Crippen LogP contribution in [0.1, 0.15) is 45.3 Å². The molecule has 1 aromatic heterocycles. The highest BCUT2D eigenvalue weighted by atomic mass is 16.3. The van der Waals surface area contributed by atoms with E-state index >= 15 is 0 Å². The summed E-state index contributed by atoms with van der Waals surface area (Å²) in [6.07, 6.45) is 3.90. The van der Waals surface area contributed by atoms with Gasteiger partial charge in [0.2, 0.25) is 0 Å². The van der Waals surface area contributed by atoms with Crippen molar-refractivity contribution in [2.45, 2.75) is 45.8 Å². The van der Waals surface area contributed by atoms with Gasteiger partial charge in [0.05, 0.1) is 6.10 Å². The maximum Gasteiger partial charge on any atom is 0.128 e. The lowest BCUT2D eigenvalue weighted by Crippen LogP contribution is -2.42. The maximum atomic E-state index is 9.47. The van der Waals surface area contributed by atoms with E-state index in [0.717, 1.165) is 23.8 Å². The summed E-state index contributed by atoms with van der Waals surface area (Å²) in [5.41, 5.74) is 0.881. The highest BCUT2D eigenvalue weighted by Gasteiger charge is 2.25. The third-order valence-electron chi connectivity index (χ3n) is 3.92. The van der Waals surface area contributed by atoms with Crippen LogP contribution in [0.4, 0.5) is 5.82 Å². The summed E-state index contributed by atoms with van der Waals surface area (Å²) in [5.74, 6) is 1.76. The van der Waals surface area contributed by atoms with Gasteiger partial charge in [-0.15, -0.1) is 0 Å². The van der Waals surface area contributed by atoms with E-state index in [0.29, 0.717) is 6.04 Å². The first-order valence-electron chi connectivity index (χ1n) is 6.50. The molecule has 2 unspecified atom stereocenters. The van der Waals surface area contributed by atoms with E-state index in [1.165, 1.54) is 12.8 Å². The minimum absolute atomic E-state index is 0.436. The number of aliphatic hydroxyl groups excluding tert-OH is 1. The summed E-state index contributed by atoms with van der Waals surface area (Å²) in [5, 5.41) is 9.47. The van der Waals surface area contributed by atoms with Crippen LogP contribution in [0, 0.1) is 5.92 Å². The van der Waals surface area contributed by atoms with Crippen molar-refractivity contribution < 1.29 is 5.11 Å². The summed E-state index contributed by atoms with van der Waals surface area (Å²) in [7, 11) is 0. The Bertz CT molecular complexity index is 361. The number of piperidine rings is 1. The third-order valence-corrected chi connectivity index (χ3v) is 3.92. The monoisotopic (exact) mass is 234 g/mol. The fraction of sp³-hybridized carbons (Fsp3) is 0.643. The van der Waals surface area contributed by atoms with Crippen LogP contribution in [0.2, 0.25) is 0 Å². The van der Waals surface area contributed by atoms with Crippen molar-refractivity contribution in [1.29, 1.82) is 0 Å². The quantitative estimate of drug-likeness (QED) is 0.854. The molecule has 17 heavy (non-hydrogen) atoms. The molecule has 0 saturated carbocycles. The molecule has 1 N–H and O–H groups in total. The fourth-order valence-corrected chi connectivity index (χ4v) is 2.47. The van der Waals surface area contributed by atoms with Gasteiger partial charge in [-0.3, -0.25) is 0 Å². The number of aliphatic hydroxyl groups is 1. The summed E-state index contributed by atoms with van der Waals surface area (Å²) >= 11 is 0. The average molecular weight is 234 g/mol. The molecule has 3 heteroatoms. The minimum Gasteiger partial charge on any atom is -0.389 e. The van der Waals surface area contributed by atoms with Crippen LogP contribution in [0.15, 0.2) is 18.3 Å². The molecule has 1 saturated heterocycles. The summed E-state index contributed by atoms with van der Waals surface area (Å²) in [6.45, 7) is 7.43. The predicted octanol–water partition coefficient (Wildman–Crippen LogP) is 2.76. The highest BCUT2D eigenvalue weighted by molar-refractivity contribution is 5.41. The second kappa shape index (κ2) is 5.05. The number of hydrogen-bond acceptors (Lipinski definition) is 3. The molecule has 1 aromatic rings. The van der Waals surface area contributed by atoms with Gasteiger partial charge in [-0.25, -0.2) is 4.98 Å².